The zero-order chi connectivity index (χ0) is 15.3. The molecule has 1 rings (SSSR count). The lowest BCUT2D eigenvalue weighted by molar-refractivity contribution is -0.127. The number of carbonyl (C=O) groups excluding carboxylic acids is 1. The van der Waals surface area contributed by atoms with E-state index in [2.05, 4.69) is 39.9 Å². The minimum Gasteiger partial charge on any atom is -0.352 e. The van der Waals surface area contributed by atoms with Crippen LogP contribution >= 0.6 is 0 Å². The maximum absolute atomic E-state index is 12.3. The van der Waals surface area contributed by atoms with Gasteiger partial charge in [-0.25, -0.2) is 0 Å². The lowest BCUT2D eigenvalue weighted by Gasteiger charge is -2.36. The molecule has 20 heavy (non-hydrogen) atoms. The molecule has 0 heterocycles. The van der Waals surface area contributed by atoms with Gasteiger partial charge < -0.3 is 11.1 Å². The zero-order valence-corrected chi connectivity index (χ0v) is 14.0. The van der Waals surface area contributed by atoms with Gasteiger partial charge in [0.15, 0.2) is 0 Å². The topological polar surface area (TPSA) is 55.1 Å². The van der Waals surface area contributed by atoms with Crippen molar-refractivity contribution in [2.24, 2.45) is 28.9 Å². The average molecular weight is 282 g/mol. The monoisotopic (exact) mass is 282 g/mol. The molecule has 0 aromatic heterocycles. The highest BCUT2D eigenvalue weighted by atomic mass is 16.1. The molecule has 1 amide bonds. The van der Waals surface area contributed by atoms with Gasteiger partial charge in [0.2, 0.25) is 5.91 Å². The molecule has 118 valence electrons. The number of hydrogen-bond acceptors (Lipinski definition) is 2. The van der Waals surface area contributed by atoms with E-state index in [0.29, 0.717) is 17.9 Å². The molecule has 0 bridgehead atoms. The summed E-state index contributed by atoms with van der Waals surface area (Å²) in [6.07, 6.45) is 5.40. The Labute approximate surface area is 125 Å². The molecular weight excluding hydrogens is 248 g/mol. The van der Waals surface area contributed by atoms with Crippen molar-refractivity contribution in [1.29, 1.82) is 0 Å². The van der Waals surface area contributed by atoms with Gasteiger partial charge in [-0.1, -0.05) is 34.6 Å². The summed E-state index contributed by atoms with van der Waals surface area (Å²) in [5.74, 6) is 1.76. The SMILES string of the molecule is CC(C)CC(CN)NC(=O)C1CCC(C(C)(C)C)CC1. The summed E-state index contributed by atoms with van der Waals surface area (Å²) in [5.41, 5.74) is 6.14. The lowest BCUT2D eigenvalue weighted by atomic mass is 9.69. The molecular formula is C17H34N2O. The zero-order valence-electron chi connectivity index (χ0n) is 14.0. The molecule has 0 aromatic rings. The summed E-state index contributed by atoms with van der Waals surface area (Å²) in [5, 5.41) is 3.16. The fourth-order valence-electron chi connectivity index (χ4n) is 3.32. The molecule has 1 unspecified atom stereocenters. The second kappa shape index (κ2) is 7.44. The van der Waals surface area contributed by atoms with Crippen LogP contribution in [0, 0.1) is 23.2 Å². The largest absolute Gasteiger partial charge is 0.352 e. The Morgan fingerprint density at radius 3 is 2.15 bits per heavy atom. The molecule has 1 aliphatic carbocycles. The molecule has 0 saturated heterocycles. The first-order chi connectivity index (χ1) is 9.24. The maximum atomic E-state index is 12.3. The van der Waals surface area contributed by atoms with Gasteiger partial charge in [0.1, 0.15) is 0 Å². The highest BCUT2D eigenvalue weighted by molar-refractivity contribution is 5.79. The Kier molecular flexibility index (Phi) is 6.50. The van der Waals surface area contributed by atoms with Crippen molar-refractivity contribution in [3.8, 4) is 0 Å². The smallest absolute Gasteiger partial charge is 0.223 e. The third-order valence-corrected chi connectivity index (χ3v) is 4.71. The number of nitrogens with two attached hydrogens (primary N) is 1. The number of nitrogens with one attached hydrogen (secondary N) is 1. The van der Waals surface area contributed by atoms with Gasteiger partial charge in [-0.05, 0) is 49.4 Å². The summed E-state index contributed by atoms with van der Waals surface area (Å²) in [4.78, 5) is 12.3. The van der Waals surface area contributed by atoms with Crippen molar-refractivity contribution in [3.05, 3.63) is 0 Å². The van der Waals surface area contributed by atoms with E-state index in [0.717, 1.165) is 25.2 Å². The predicted octanol–water partition coefficient (Wildman–Crippen LogP) is 3.33. The molecule has 0 spiro atoms. The van der Waals surface area contributed by atoms with Crippen LogP contribution in [-0.2, 0) is 4.79 Å². The summed E-state index contributed by atoms with van der Waals surface area (Å²) in [6, 6.07) is 0.142. The van der Waals surface area contributed by atoms with Crippen molar-refractivity contribution >= 4 is 5.91 Å². The normalized spacial score (nSPS) is 25.6. The molecule has 3 nitrogen and oxygen atoms in total. The van der Waals surface area contributed by atoms with E-state index in [9.17, 15) is 4.79 Å². The first kappa shape index (κ1) is 17.5. The van der Waals surface area contributed by atoms with Crippen LogP contribution in [0.2, 0.25) is 0 Å². The first-order valence-electron chi connectivity index (χ1n) is 8.24. The van der Waals surface area contributed by atoms with Gasteiger partial charge in [-0.2, -0.15) is 0 Å². The molecule has 0 aliphatic heterocycles. The van der Waals surface area contributed by atoms with Crippen molar-refractivity contribution < 1.29 is 4.79 Å². The van der Waals surface area contributed by atoms with Crippen molar-refractivity contribution in [1.82, 2.24) is 5.32 Å². The van der Waals surface area contributed by atoms with Crippen molar-refractivity contribution in [2.75, 3.05) is 6.54 Å². The van der Waals surface area contributed by atoms with Crippen LogP contribution in [0.1, 0.15) is 66.7 Å². The van der Waals surface area contributed by atoms with Gasteiger partial charge in [-0.3, -0.25) is 4.79 Å². The first-order valence-corrected chi connectivity index (χ1v) is 8.24. The van der Waals surface area contributed by atoms with Crippen molar-refractivity contribution in [2.45, 2.75) is 72.8 Å². The van der Waals surface area contributed by atoms with E-state index in [1.54, 1.807) is 0 Å². The minimum atomic E-state index is 0.142. The quantitative estimate of drug-likeness (QED) is 0.812. The molecule has 1 saturated carbocycles. The van der Waals surface area contributed by atoms with E-state index in [1.807, 2.05) is 0 Å². The minimum absolute atomic E-state index is 0.142. The molecule has 1 aliphatic rings. The van der Waals surface area contributed by atoms with Crippen LogP contribution in [0.5, 0.6) is 0 Å². The Morgan fingerprint density at radius 2 is 1.75 bits per heavy atom. The van der Waals surface area contributed by atoms with E-state index >= 15 is 0 Å². The van der Waals surface area contributed by atoms with Gasteiger partial charge >= 0.3 is 0 Å². The lowest BCUT2D eigenvalue weighted by Crippen LogP contribution is -2.44. The van der Waals surface area contributed by atoms with E-state index in [1.165, 1.54) is 12.8 Å². The van der Waals surface area contributed by atoms with Gasteiger partial charge in [0, 0.05) is 18.5 Å². The van der Waals surface area contributed by atoms with Gasteiger partial charge in [0.25, 0.3) is 0 Å². The van der Waals surface area contributed by atoms with E-state index in [4.69, 9.17) is 5.73 Å². The number of hydrogen-bond donors (Lipinski definition) is 2. The van der Waals surface area contributed by atoms with Crippen LogP contribution in [0.25, 0.3) is 0 Å². The van der Waals surface area contributed by atoms with Crippen LogP contribution in [-0.4, -0.2) is 18.5 Å². The fraction of sp³-hybridized carbons (Fsp3) is 0.941. The standard InChI is InChI=1S/C17H34N2O/c1-12(2)10-15(11-18)19-16(20)13-6-8-14(9-7-13)17(3,4)5/h12-15H,6-11,18H2,1-5H3,(H,19,20). The van der Waals surface area contributed by atoms with E-state index in [-0.39, 0.29) is 17.9 Å². The third-order valence-electron chi connectivity index (χ3n) is 4.71. The van der Waals surface area contributed by atoms with Gasteiger partial charge in [-0.15, -0.1) is 0 Å². The number of rotatable bonds is 5. The predicted molar refractivity (Wildman–Crippen MR) is 85.3 cm³/mol. The summed E-state index contributed by atoms with van der Waals surface area (Å²) in [6.45, 7) is 11.8. The fourth-order valence-corrected chi connectivity index (χ4v) is 3.32. The number of carbonyl (C=O) groups is 1. The van der Waals surface area contributed by atoms with Gasteiger partial charge in [0.05, 0.1) is 0 Å². The van der Waals surface area contributed by atoms with Crippen LogP contribution in [0.3, 0.4) is 0 Å². The summed E-state index contributed by atoms with van der Waals surface area (Å²) in [7, 11) is 0. The van der Waals surface area contributed by atoms with E-state index < -0.39 is 0 Å². The highest BCUT2D eigenvalue weighted by Gasteiger charge is 2.32. The molecule has 0 radical (unpaired) electrons. The Balaban J connectivity index is 2.42. The molecule has 3 N–H and O–H groups in total. The molecule has 0 aromatic carbocycles. The number of amides is 1. The Bertz CT molecular complexity index is 299. The molecule has 1 atom stereocenters. The molecule has 3 heteroatoms. The van der Waals surface area contributed by atoms with Crippen molar-refractivity contribution in [3.63, 3.8) is 0 Å². The average Bonchev–Trinajstić information content (AvgIpc) is 2.36. The highest BCUT2D eigenvalue weighted by Crippen LogP contribution is 2.39. The second-order valence-electron chi connectivity index (χ2n) is 7.99. The van der Waals surface area contributed by atoms with Crippen LogP contribution in [0.15, 0.2) is 0 Å². The Hall–Kier alpha value is -0.570. The second-order valence-corrected chi connectivity index (χ2v) is 7.99. The maximum Gasteiger partial charge on any atom is 0.223 e. The van der Waals surface area contributed by atoms with Crippen LogP contribution < -0.4 is 11.1 Å². The summed E-state index contributed by atoms with van der Waals surface area (Å²) < 4.78 is 0. The third kappa shape index (κ3) is 5.43. The Morgan fingerprint density at radius 1 is 1.20 bits per heavy atom. The van der Waals surface area contributed by atoms with Crippen LogP contribution in [0.4, 0.5) is 0 Å². The summed E-state index contributed by atoms with van der Waals surface area (Å²) >= 11 is 0. The molecule has 1 fully saturated rings.